The van der Waals surface area contributed by atoms with Crippen molar-refractivity contribution in [3.8, 4) is 0 Å². The second-order valence-corrected chi connectivity index (χ2v) is 6.85. The van der Waals surface area contributed by atoms with Crippen molar-refractivity contribution in [1.82, 2.24) is 0 Å². The third kappa shape index (κ3) is 2.43. The fourth-order valence-electron chi connectivity index (χ4n) is 0.635. The molecule has 0 saturated carbocycles. The molecule has 2 N–H and O–H groups in total. The van der Waals surface area contributed by atoms with Crippen molar-refractivity contribution in [3.63, 3.8) is 0 Å². The lowest BCUT2D eigenvalue weighted by atomic mass is 10.7. The Morgan fingerprint density at radius 1 is 1.14 bits per heavy atom. The van der Waals surface area contributed by atoms with E-state index in [1.54, 1.807) is 0 Å². The molecule has 80 valence electrons. The van der Waals surface area contributed by atoms with Crippen LogP contribution in [-0.4, -0.2) is 25.9 Å². The molecular weight excluding hydrogens is 276 g/mol. The van der Waals surface area contributed by atoms with E-state index in [-0.39, 0.29) is 0 Å². The molecule has 0 atom stereocenters. The average molecular weight is 279 g/mol. The number of hydrogen-bond acceptors (Lipinski definition) is 5. The largest absolute Gasteiger partial charge is 0.304 e. The molecule has 14 heavy (non-hydrogen) atoms. The van der Waals surface area contributed by atoms with Crippen LogP contribution >= 0.6 is 22.9 Å². The highest BCUT2D eigenvalue weighted by atomic mass is 35.5. The number of rotatable bonds is 2. The number of halogens is 1. The molecule has 0 aliphatic heterocycles. The van der Waals surface area contributed by atoms with Gasteiger partial charge in [-0.2, -0.15) is 16.8 Å². The van der Waals surface area contributed by atoms with Crippen LogP contribution < -0.4 is 0 Å². The molecule has 6 nitrogen and oxygen atoms in total. The summed E-state index contributed by atoms with van der Waals surface area (Å²) in [5, 5.41) is 0. The molecule has 0 aliphatic carbocycles. The molecule has 0 bridgehead atoms. The zero-order valence-electron chi connectivity index (χ0n) is 6.21. The van der Waals surface area contributed by atoms with Gasteiger partial charge in [0, 0.05) is 0 Å². The van der Waals surface area contributed by atoms with E-state index in [9.17, 15) is 16.8 Å². The van der Waals surface area contributed by atoms with Gasteiger partial charge < -0.3 is 0 Å². The van der Waals surface area contributed by atoms with Gasteiger partial charge in [-0.1, -0.05) is 11.6 Å². The highest BCUT2D eigenvalue weighted by Crippen LogP contribution is 2.33. The van der Waals surface area contributed by atoms with Crippen LogP contribution in [-0.2, 0) is 20.2 Å². The number of hydrogen-bond donors (Lipinski definition) is 2. The summed E-state index contributed by atoms with van der Waals surface area (Å²) in [6.45, 7) is 0. The first kappa shape index (κ1) is 11.9. The first-order valence-electron chi connectivity index (χ1n) is 2.86. The van der Waals surface area contributed by atoms with Crippen molar-refractivity contribution in [2.45, 2.75) is 9.10 Å². The van der Waals surface area contributed by atoms with E-state index in [4.69, 9.17) is 20.7 Å². The van der Waals surface area contributed by atoms with E-state index in [0.717, 1.165) is 0 Å². The fraction of sp³-hybridized carbons (Fsp3) is 0. The van der Waals surface area contributed by atoms with Crippen LogP contribution in [0.15, 0.2) is 15.2 Å². The molecule has 10 heteroatoms. The SMILES string of the molecule is O=S(=O)(O)c1cc(S(=O)(=O)O)c(Cl)s1. The van der Waals surface area contributed by atoms with Crippen LogP contribution in [0.1, 0.15) is 0 Å². The monoisotopic (exact) mass is 278 g/mol. The normalized spacial score (nSPS) is 13.1. The number of thiophene rings is 1. The smallest absolute Gasteiger partial charge is 0.282 e. The van der Waals surface area contributed by atoms with Crippen LogP contribution in [0, 0.1) is 0 Å². The third-order valence-electron chi connectivity index (χ3n) is 1.17. The predicted octanol–water partition coefficient (Wildman–Crippen LogP) is 0.895. The lowest BCUT2D eigenvalue weighted by Gasteiger charge is -1.89. The van der Waals surface area contributed by atoms with E-state index < -0.39 is 33.7 Å². The van der Waals surface area contributed by atoms with Gasteiger partial charge in [0.15, 0.2) is 0 Å². The summed E-state index contributed by atoms with van der Waals surface area (Å²) in [6, 6.07) is 0.581. The van der Waals surface area contributed by atoms with Crippen molar-refractivity contribution in [1.29, 1.82) is 0 Å². The zero-order chi connectivity index (χ0) is 11.1. The summed E-state index contributed by atoms with van der Waals surface area (Å²) in [5.74, 6) is 0. The van der Waals surface area contributed by atoms with Crippen molar-refractivity contribution in [3.05, 3.63) is 10.4 Å². The van der Waals surface area contributed by atoms with Gasteiger partial charge in [-0.15, -0.1) is 11.3 Å². The van der Waals surface area contributed by atoms with Crippen LogP contribution in [0.3, 0.4) is 0 Å². The lowest BCUT2D eigenvalue weighted by molar-refractivity contribution is 0.483. The summed E-state index contributed by atoms with van der Waals surface area (Å²) in [5.41, 5.74) is 0. The molecule has 1 rings (SSSR count). The Kier molecular flexibility index (Phi) is 2.91. The fourth-order valence-corrected chi connectivity index (χ4v) is 3.88. The van der Waals surface area contributed by atoms with Crippen molar-refractivity contribution >= 4 is 43.2 Å². The van der Waals surface area contributed by atoms with Gasteiger partial charge in [0.25, 0.3) is 10.1 Å². The minimum atomic E-state index is -4.57. The Morgan fingerprint density at radius 3 is 1.86 bits per heavy atom. The second-order valence-electron chi connectivity index (χ2n) is 2.15. The summed E-state index contributed by atoms with van der Waals surface area (Å²) >= 11 is 5.68. The maximum absolute atomic E-state index is 10.6. The molecule has 0 amide bonds. The van der Waals surface area contributed by atoms with Crippen molar-refractivity contribution in [2.75, 3.05) is 0 Å². The van der Waals surface area contributed by atoms with Crippen LogP contribution in [0.4, 0.5) is 0 Å². The van der Waals surface area contributed by atoms with Crippen molar-refractivity contribution < 1.29 is 25.9 Å². The van der Waals surface area contributed by atoms with Gasteiger partial charge in [-0.3, -0.25) is 9.11 Å². The summed E-state index contributed by atoms with van der Waals surface area (Å²) in [7, 11) is -9.08. The molecular formula is C4H3ClO6S3. The minimum absolute atomic E-state index is 0.336. The Balaban J connectivity index is 3.49. The Hall–Kier alpha value is -0.190. The first-order chi connectivity index (χ1) is 6.12. The van der Waals surface area contributed by atoms with Gasteiger partial charge in [-0.05, 0) is 6.07 Å². The van der Waals surface area contributed by atoms with Gasteiger partial charge in [0.2, 0.25) is 0 Å². The van der Waals surface area contributed by atoms with Gasteiger partial charge in [0.05, 0.1) is 0 Å². The molecule has 0 unspecified atom stereocenters. The van der Waals surface area contributed by atoms with Crippen LogP contribution in [0.5, 0.6) is 0 Å². The topological polar surface area (TPSA) is 109 Å². The predicted molar refractivity (Wildman–Crippen MR) is 49.0 cm³/mol. The van der Waals surface area contributed by atoms with E-state index in [2.05, 4.69) is 0 Å². The van der Waals surface area contributed by atoms with Gasteiger partial charge in [0.1, 0.15) is 13.4 Å². The molecule has 1 heterocycles. The average Bonchev–Trinajstić information content (AvgIpc) is 2.27. The maximum Gasteiger partial charge on any atom is 0.304 e. The standard InChI is InChI=1S/C4H3ClO6S3/c5-4-2(13(6,7)8)1-3(12-4)14(9,10)11/h1H,(H,6,7,8)(H,9,10,11). The second kappa shape index (κ2) is 3.43. The van der Waals surface area contributed by atoms with Crippen LogP contribution in [0.2, 0.25) is 4.34 Å². The molecule has 0 aliphatic rings. The maximum atomic E-state index is 10.6. The molecule has 0 radical (unpaired) electrons. The summed E-state index contributed by atoms with van der Waals surface area (Å²) in [4.78, 5) is -0.739. The van der Waals surface area contributed by atoms with Gasteiger partial charge in [-0.25, -0.2) is 0 Å². The molecule has 1 aromatic rings. The van der Waals surface area contributed by atoms with Crippen molar-refractivity contribution in [2.24, 2.45) is 0 Å². The third-order valence-corrected chi connectivity index (χ3v) is 4.95. The molecule has 0 aromatic carbocycles. The minimum Gasteiger partial charge on any atom is -0.282 e. The molecule has 0 spiro atoms. The van der Waals surface area contributed by atoms with E-state index in [1.165, 1.54) is 0 Å². The van der Waals surface area contributed by atoms with E-state index in [1.807, 2.05) is 0 Å². The van der Waals surface area contributed by atoms with E-state index in [0.29, 0.717) is 17.4 Å². The molecule has 0 saturated heterocycles. The summed E-state index contributed by atoms with van der Waals surface area (Å²) in [6.07, 6.45) is 0. The molecule has 0 fully saturated rings. The first-order valence-corrected chi connectivity index (χ1v) is 6.94. The zero-order valence-corrected chi connectivity index (χ0v) is 9.41. The summed E-state index contributed by atoms with van der Waals surface area (Å²) < 4.78 is 58.3. The molecule has 1 aromatic heterocycles. The van der Waals surface area contributed by atoms with E-state index >= 15 is 0 Å². The Bertz CT molecular complexity index is 552. The Morgan fingerprint density at radius 2 is 1.64 bits per heavy atom. The lowest BCUT2D eigenvalue weighted by Crippen LogP contribution is -1.97. The highest BCUT2D eigenvalue weighted by Gasteiger charge is 2.23. The quantitative estimate of drug-likeness (QED) is 0.778. The Labute approximate surface area is 88.6 Å². The van der Waals surface area contributed by atoms with Gasteiger partial charge >= 0.3 is 10.1 Å². The highest BCUT2D eigenvalue weighted by molar-refractivity contribution is 7.89. The van der Waals surface area contributed by atoms with Crippen LogP contribution in [0.25, 0.3) is 0 Å².